The second-order valence-corrected chi connectivity index (χ2v) is 4.27. The van der Waals surface area contributed by atoms with Crippen molar-refractivity contribution < 1.29 is 22.6 Å². The lowest BCUT2D eigenvalue weighted by molar-refractivity contribution is -0.275. The molecule has 1 rings (SSSR count). The van der Waals surface area contributed by atoms with Crippen LogP contribution in [0.15, 0.2) is 24.3 Å². The zero-order valence-corrected chi connectivity index (χ0v) is 11.7. The van der Waals surface area contributed by atoms with E-state index in [1.54, 1.807) is 12.1 Å². The van der Waals surface area contributed by atoms with Gasteiger partial charge in [-0.15, -0.1) is 13.2 Å². The third-order valence-electron chi connectivity index (χ3n) is 2.60. The highest BCUT2D eigenvalue weighted by Gasteiger charge is 2.32. The number of benzene rings is 1. The van der Waals surface area contributed by atoms with E-state index < -0.39 is 6.36 Å². The Hall–Kier alpha value is -1.27. The molecule has 0 heterocycles. The summed E-state index contributed by atoms with van der Waals surface area (Å²) < 4.78 is 46.7. The van der Waals surface area contributed by atoms with E-state index in [1.165, 1.54) is 12.1 Å². The van der Waals surface area contributed by atoms with Gasteiger partial charge < -0.3 is 14.8 Å². The molecule has 1 atom stereocenters. The van der Waals surface area contributed by atoms with Crippen LogP contribution in [0.1, 0.15) is 31.9 Å². The van der Waals surface area contributed by atoms with Gasteiger partial charge in [0.05, 0.1) is 12.6 Å². The number of likely N-dealkylation sites (N-methyl/N-ethyl adjacent to an activating group) is 1. The average molecular weight is 291 g/mol. The normalized spacial score (nSPS) is 13.2. The van der Waals surface area contributed by atoms with Gasteiger partial charge in [-0.25, -0.2) is 0 Å². The Labute approximate surface area is 117 Å². The molecular formula is C14H20F3NO2. The van der Waals surface area contributed by atoms with Crippen molar-refractivity contribution in [1.82, 2.24) is 5.32 Å². The summed E-state index contributed by atoms with van der Waals surface area (Å²) in [6, 6.07) is 5.80. The van der Waals surface area contributed by atoms with Crippen LogP contribution in [0.2, 0.25) is 0 Å². The summed E-state index contributed by atoms with van der Waals surface area (Å²) in [6.45, 7) is 5.37. The van der Waals surface area contributed by atoms with Crippen molar-refractivity contribution in [1.29, 1.82) is 0 Å². The molecule has 0 amide bonds. The van der Waals surface area contributed by atoms with Crippen LogP contribution in [0.3, 0.4) is 0 Å². The molecule has 114 valence electrons. The molecule has 1 unspecified atom stereocenters. The van der Waals surface area contributed by atoms with Crippen LogP contribution in [-0.4, -0.2) is 26.1 Å². The van der Waals surface area contributed by atoms with Crippen molar-refractivity contribution in [2.24, 2.45) is 0 Å². The lowest BCUT2D eigenvalue weighted by Crippen LogP contribution is -2.27. The average Bonchev–Trinajstić information content (AvgIpc) is 2.37. The molecule has 1 aromatic carbocycles. The minimum atomic E-state index is -4.70. The molecule has 0 saturated carbocycles. The Morgan fingerprint density at radius 3 is 2.50 bits per heavy atom. The van der Waals surface area contributed by atoms with E-state index >= 15 is 0 Å². The van der Waals surface area contributed by atoms with E-state index in [9.17, 15) is 13.2 Å². The molecule has 1 N–H and O–H groups in total. The van der Waals surface area contributed by atoms with Gasteiger partial charge in [0.25, 0.3) is 0 Å². The number of nitrogens with one attached hydrogen (secondary N) is 1. The van der Waals surface area contributed by atoms with Gasteiger partial charge in [-0.3, -0.25) is 0 Å². The van der Waals surface area contributed by atoms with E-state index in [-0.39, 0.29) is 11.8 Å². The number of ether oxygens (including phenoxy) is 2. The first-order chi connectivity index (χ1) is 9.48. The molecule has 0 bridgehead atoms. The summed E-state index contributed by atoms with van der Waals surface area (Å²) >= 11 is 0. The Morgan fingerprint density at radius 1 is 1.20 bits per heavy atom. The van der Waals surface area contributed by atoms with E-state index in [1.807, 2.05) is 13.8 Å². The predicted octanol–water partition coefficient (Wildman–Crippen LogP) is 3.66. The Morgan fingerprint density at radius 2 is 1.90 bits per heavy atom. The van der Waals surface area contributed by atoms with Gasteiger partial charge in [-0.1, -0.05) is 32.0 Å². The largest absolute Gasteiger partial charge is 0.573 e. The number of hydrogen-bond acceptors (Lipinski definition) is 3. The Kier molecular flexibility index (Phi) is 6.81. The quantitative estimate of drug-likeness (QED) is 0.741. The highest BCUT2D eigenvalue weighted by molar-refractivity contribution is 5.36. The summed E-state index contributed by atoms with van der Waals surface area (Å²) in [5, 5.41) is 3.11. The van der Waals surface area contributed by atoms with E-state index in [0.717, 1.165) is 6.42 Å². The maximum atomic E-state index is 12.4. The summed E-state index contributed by atoms with van der Waals surface area (Å²) in [5.41, 5.74) is 0.447. The second-order valence-electron chi connectivity index (χ2n) is 4.27. The molecule has 6 heteroatoms. The second kappa shape index (κ2) is 8.11. The summed E-state index contributed by atoms with van der Waals surface area (Å²) in [7, 11) is 0. The summed E-state index contributed by atoms with van der Waals surface area (Å²) in [4.78, 5) is 0. The summed E-state index contributed by atoms with van der Waals surface area (Å²) in [6.07, 6.45) is -3.84. The van der Waals surface area contributed by atoms with Crippen LogP contribution in [0, 0.1) is 0 Å². The number of alkyl halides is 3. The lowest BCUT2D eigenvalue weighted by atomic mass is 10.1. The monoisotopic (exact) mass is 291 g/mol. The van der Waals surface area contributed by atoms with Crippen molar-refractivity contribution in [3.05, 3.63) is 29.8 Å². The minimum absolute atomic E-state index is 0.189. The third kappa shape index (κ3) is 5.79. The lowest BCUT2D eigenvalue weighted by Gasteiger charge is -2.21. The predicted molar refractivity (Wildman–Crippen MR) is 70.7 cm³/mol. The van der Waals surface area contributed by atoms with E-state index in [2.05, 4.69) is 10.1 Å². The molecule has 0 fully saturated rings. The molecule has 20 heavy (non-hydrogen) atoms. The SMILES string of the molecule is CCCOCC(NCC)c1ccccc1OC(F)(F)F. The van der Waals surface area contributed by atoms with Gasteiger partial charge in [0.2, 0.25) is 0 Å². The van der Waals surface area contributed by atoms with Gasteiger partial charge >= 0.3 is 6.36 Å². The first-order valence-corrected chi connectivity index (χ1v) is 6.63. The molecule has 0 aliphatic heterocycles. The Balaban J connectivity index is 2.88. The first-order valence-electron chi connectivity index (χ1n) is 6.63. The Bertz CT molecular complexity index is 396. The smallest absolute Gasteiger partial charge is 0.405 e. The van der Waals surface area contributed by atoms with Crippen LogP contribution in [0.4, 0.5) is 13.2 Å². The van der Waals surface area contributed by atoms with Crippen LogP contribution in [0.5, 0.6) is 5.75 Å². The van der Waals surface area contributed by atoms with Crippen LogP contribution < -0.4 is 10.1 Å². The molecule has 0 saturated heterocycles. The maximum Gasteiger partial charge on any atom is 0.573 e. The number of rotatable bonds is 8. The molecule has 0 aliphatic rings. The molecule has 3 nitrogen and oxygen atoms in total. The van der Waals surface area contributed by atoms with Crippen LogP contribution in [0.25, 0.3) is 0 Å². The molecule has 0 radical (unpaired) electrons. The highest BCUT2D eigenvalue weighted by Crippen LogP contribution is 2.30. The first kappa shape index (κ1) is 16.8. The zero-order valence-electron chi connectivity index (χ0n) is 11.7. The number of para-hydroxylation sites is 1. The minimum Gasteiger partial charge on any atom is -0.405 e. The van der Waals surface area contributed by atoms with Crippen LogP contribution >= 0.6 is 0 Å². The van der Waals surface area contributed by atoms with E-state index in [0.29, 0.717) is 25.3 Å². The van der Waals surface area contributed by atoms with Gasteiger partial charge in [0, 0.05) is 12.2 Å². The third-order valence-corrected chi connectivity index (χ3v) is 2.60. The maximum absolute atomic E-state index is 12.4. The van der Waals surface area contributed by atoms with Crippen molar-refractivity contribution in [2.75, 3.05) is 19.8 Å². The number of halogens is 3. The van der Waals surface area contributed by atoms with Gasteiger partial charge in [-0.2, -0.15) is 0 Å². The summed E-state index contributed by atoms with van der Waals surface area (Å²) in [5.74, 6) is -0.189. The molecular weight excluding hydrogens is 271 g/mol. The van der Waals surface area contributed by atoms with Crippen LogP contribution in [-0.2, 0) is 4.74 Å². The molecule has 1 aromatic rings. The van der Waals surface area contributed by atoms with Gasteiger partial charge in [0.1, 0.15) is 5.75 Å². The van der Waals surface area contributed by atoms with Crippen molar-refractivity contribution >= 4 is 0 Å². The standard InChI is InChI=1S/C14H20F3NO2/c1-3-9-19-10-12(18-4-2)11-7-5-6-8-13(11)20-14(15,16)17/h5-8,12,18H,3-4,9-10H2,1-2H3. The topological polar surface area (TPSA) is 30.5 Å². The molecule has 0 aromatic heterocycles. The van der Waals surface area contributed by atoms with Crippen molar-refractivity contribution in [2.45, 2.75) is 32.7 Å². The highest BCUT2D eigenvalue weighted by atomic mass is 19.4. The van der Waals surface area contributed by atoms with E-state index in [4.69, 9.17) is 4.74 Å². The fourth-order valence-electron chi connectivity index (χ4n) is 1.84. The van der Waals surface area contributed by atoms with Crippen molar-refractivity contribution in [3.8, 4) is 5.75 Å². The number of hydrogen-bond donors (Lipinski definition) is 1. The fourth-order valence-corrected chi connectivity index (χ4v) is 1.84. The van der Waals surface area contributed by atoms with Crippen molar-refractivity contribution in [3.63, 3.8) is 0 Å². The molecule has 0 aliphatic carbocycles. The fraction of sp³-hybridized carbons (Fsp3) is 0.571. The zero-order chi connectivity index (χ0) is 15.0. The van der Waals surface area contributed by atoms with Gasteiger partial charge in [-0.05, 0) is 19.0 Å². The molecule has 0 spiro atoms. The van der Waals surface area contributed by atoms with Gasteiger partial charge in [0.15, 0.2) is 0 Å².